The average molecular weight is 347 g/mol. The van der Waals surface area contributed by atoms with Crippen LogP contribution in [-0.4, -0.2) is 32.1 Å². The van der Waals surface area contributed by atoms with Crippen LogP contribution < -0.4 is 15.4 Å². The lowest BCUT2D eigenvalue weighted by atomic mass is 10.1. The molecule has 124 valence electrons. The standard InChI is InChI=1S/C16H23ClN2O2.ClH/c17-14-4-1-2-5-15(14)21-11-3-6-16(20)19-10-8-13-7-9-18-12-13;/h1-2,4-5,13,18H,3,6-12H2,(H,19,20);1H. The van der Waals surface area contributed by atoms with Crippen molar-refractivity contribution in [2.75, 3.05) is 26.2 Å². The lowest BCUT2D eigenvalue weighted by molar-refractivity contribution is -0.121. The Labute approximate surface area is 143 Å². The molecule has 2 N–H and O–H groups in total. The molecule has 0 bridgehead atoms. The number of rotatable bonds is 8. The van der Waals surface area contributed by atoms with Crippen LogP contribution in [-0.2, 0) is 4.79 Å². The lowest BCUT2D eigenvalue weighted by Gasteiger charge is -2.10. The fourth-order valence-electron chi connectivity index (χ4n) is 2.44. The van der Waals surface area contributed by atoms with Crippen molar-refractivity contribution in [3.8, 4) is 5.75 Å². The first kappa shape index (κ1) is 19.1. The molecule has 1 aliphatic rings. The van der Waals surface area contributed by atoms with Crippen LogP contribution >= 0.6 is 24.0 Å². The van der Waals surface area contributed by atoms with E-state index in [9.17, 15) is 4.79 Å². The second-order valence-electron chi connectivity index (χ2n) is 5.38. The number of ether oxygens (including phenoxy) is 1. The van der Waals surface area contributed by atoms with Gasteiger partial charge in [0.25, 0.3) is 0 Å². The van der Waals surface area contributed by atoms with Gasteiger partial charge in [0.05, 0.1) is 11.6 Å². The third-order valence-corrected chi connectivity index (χ3v) is 3.99. The zero-order chi connectivity index (χ0) is 14.9. The van der Waals surface area contributed by atoms with E-state index in [2.05, 4.69) is 10.6 Å². The molecular weight excluding hydrogens is 323 g/mol. The molecule has 1 atom stereocenters. The summed E-state index contributed by atoms with van der Waals surface area (Å²) in [5.74, 6) is 1.49. The van der Waals surface area contributed by atoms with E-state index >= 15 is 0 Å². The van der Waals surface area contributed by atoms with Gasteiger partial charge < -0.3 is 15.4 Å². The highest BCUT2D eigenvalue weighted by molar-refractivity contribution is 6.32. The Morgan fingerprint density at radius 2 is 2.23 bits per heavy atom. The van der Waals surface area contributed by atoms with Crippen LogP contribution in [0.15, 0.2) is 24.3 Å². The molecule has 1 heterocycles. The summed E-state index contributed by atoms with van der Waals surface area (Å²) in [6.07, 6.45) is 3.48. The molecule has 0 aliphatic carbocycles. The van der Waals surface area contributed by atoms with Crippen molar-refractivity contribution in [3.63, 3.8) is 0 Å². The summed E-state index contributed by atoms with van der Waals surface area (Å²) in [5, 5.41) is 6.91. The molecule has 1 fully saturated rings. The van der Waals surface area contributed by atoms with Gasteiger partial charge in [0.2, 0.25) is 5.91 Å². The molecule has 6 heteroatoms. The van der Waals surface area contributed by atoms with Gasteiger partial charge in [-0.05, 0) is 50.4 Å². The number of halogens is 2. The maximum atomic E-state index is 11.7. The summed E-state index contributed by atoms with van der Waals surface area (Å²) in [4.78, 5) is 11.7. The van der Waals surface area contributed by atoms with Crippen molar-refractivity contribution in [1.82, 2.24) is 10.6 Å². The number of amides is 1. The van der Waals surface area contributed by atoms with E-state index in [-0.39, 0.29) is 18.3 Å². The third-order valence-electron chi connectivity index (χ3n) is 3.68. The predicted molar refractivity (Wildman–Crippen MR) is 92.0 cm³/mol. The number of para-hydroxylation sites is 1. The molecule has 0 aromatic heterocycles. The van der Waals surface area contributed by atoms with Crippen molar-refractivity contribution in [2.45, 2.75) is 25.7 Å². The summed E-state index contributed by atoms with van der Waals surface area (Å²) < 4.78 is 5.55. The minimum Gasteiger partial charge on any atom is -0.492 e. The minimum atomic E-state index is 0. The van der Waals surface area contributed by atoms with Crippen molar-refractivity contribution in [3.05, 3.63) is 29.3 Å². The van der Waals surface area contributed by atoms with Crippen LogP contribution in [0.4, 0.5) is 0 Å². The molecule has 1 saturated heterocycles. The monoisotopic (exact) mass is 346 g/mol. The van der Waals surface area contributed by atoms with E-state index in [0.717, 1.165) is 26.1 Å². The molecule has 1 aromatic carbocycles. The van der Waals surface area contributed by atoms with E-state index < -0.39 is 0 Å². The Balaban J connectivity index is 0.00000242. The second kappa shape index (κ2) is 10.7. The first-order valence-corrected chi connectivity index (χ1v) is 7.98. The summed E-state index contributed by atoms with van der Waals surface area (Å²) in [7, 11) is 0. The first-order chi connectivity index (χ1) is 10.3. The highest BCUT2D eigenvalue weighted by Crippen LogP contribution is 2.23. The number of hydrogen-bond acceptors (Lipinski definition) is 3. The largest absolute Gasteiger partial charge is 0.492 e. The van der Waals surface area contributed by atoms with Gasteiger partial charge in [-0.3, -0.25) is 4.79 Å². The van der Waals surface area contributed by atoms with Crippen molar-refractivity contribution in [1.29, 1.82) is 0 Å². The van der Waals surface area contributed by atoms with E-state index in [0.29, 0.717) is 36.1 Å². The number of nitrogens with one attached hydrogen (secondary N) is 2. The van der Waals surface area contributed by atoms with Crippen molar-refractivity contribution < 1.29 is 9.53 Å². The van der Waals surface area contributed by atoms with Gasteiger partial charge >= 0.3 is 0 Å². The maximum Gasteiger partial charge on any atom is 0.220 e. The molecule has 2 rings (SSSR count). The number of carbonyl (C=O) groups is 1. The molecule has 0 radical (unpaired) electrons. The zero-order valence-electron chi connectivity index (χ0n) is 12.6. The molecule has 0 saturated carbocycles. The van der Waals surface area contributed by atoms with E-state index in [1.54, 1.807) is 6.07 Å². The van der Waals surface area contributed by atoms with E-state index in [4.69, 9.17) is 16.3 Å². The van der Waals surface area contributed by atoms with Crippen LogP contribution in [0, 0.1) is 5.92 Å². The van der Waals surface area contributed by atoms with Crippen LogP contribution in [0.25, 0.3) is 0 Å². The number of benzene rings is 1. The first-order valence-electron chi connectivity index (χ1n) is 7.60. The third kappa shape index (κ3) is 6.86. The smallest absolute Gasteiger partial charge is 0.220 e. The van der Waals surface area contributed by atoms with Gasteiger partial charge in [-0.15, -0.1) is 12.4 Å². The van der Waals surface area contributed by atoms with E-state index in [1.807, 2.05) is 18.2 Å². The summed E-state index contributed by atoms with van der Waals surface area (Å²) in [6, 6.07) is 7.37. The Morgan fingerprint density at radius 3 is 2.95 bits per heavy atom. The molecule has 1 aromatic rings. The average Bonchev–Trinajstić information content (AvgIpc) is 2.98. The van der Waals surface area contributed by atoms with Crippen LogP contribution in [0.5, 0.6) is 5.75 Å². The summed E-state index contributed by atoms with van der Waals surface area (Å²) >= 11 is 5.99. The second-order valence-corrected chi connectivity index (χ2v) is 5.79. The van der Waals surface area contributed by atoms with Crippen molar-refractivity contribution in [2.24, 2.45) is 5.92 Å². The van der Waals surface area contributed by atoms with Gasteiger partial charge in [-0.2, -0.15) is 0 Å². The number of hydrogen-bond donors (Lipinski definition) is 2. The van der Waals surface area contributed by atoms with Gasteiger partial charge in [-0.25, -0.2) is 0 Å². The molecule has 1 amide bonds. The maximum absolute atomic E-state index is 11.7. The minimum absolute atomic E-state index is 0. The topological polar surface area (TPSA) is 50.4 Å². The highest BCUT2D eigenvalue weighted by atomic mass is 35.5. The summed E-state index contributed by atoms with van der Waals surface area (Å²) in [5.41, 5.74) is 0. The highest BCUT2D eigenvalue weighted by Gasteiger charge is 2.13. The van der Waals surface area contributed by atoms with Gasteiger partial charge in [-0.1, -0.05) is 23.7 Å². The Morgan fingerprint density at radius 1 is 1.41 bits per heavy atom. The molecule has 1 unspecified atom stereocenters. The quantitative estimate of drug-likeness (QED) is 0.711. The fraction of sp³-hybridized carbons (Fsp3) is 0.562. The Kier molecular flexibility index (Phi) is 9.28. The van der Waals surface area contributed by atoms with Gasteiger partial charge in [0, 0.05) is 13.0 Å². The summed E-state index contributed by atoms with van der Waals surface area (Å²) in [6.45, 7) is 3.47. The molecule has 0 spiro atoms. The Bertz CT molecular complexity index is 452. The Hall–Kier alpha value is -0.970. The van der Waals surface area contributed by atoms with Gasteiger partial charge in [0.15, 0.2) is 0 Å². The zero-order valence-corrected chi connectivity index (χ0v) is 14.2. The molecule has 22 heavy (non-hydrogen) atoms. The lowest BCUT2D eigenvalue weighted by Crippen LogP contribution is -2.26. The van der Waals surface area contributed by atoms with Crippen LogP contribution in [0.1, 0.15) is 25.7 Å². The van der Waals surface area contributed by atoms with Crippen molar-refractivity contribution >= 4 is 29.9 Å². The van der Waals surface area contributed by atoms with Crippen LogP contribution in [0.3, 0.4) is 0 Å². The fourth-order valence-corrected chi connectivity index (χ4v) is 2.63. The molecule has 1 aliphatic heterocycles. The van der Waals surface area contributed by atoms with Gasteiger partial charge in [0.1, 0.15) is 5.75 Å². The molecule has 4 nitrogen and oxygen atoms in total. The van der Waals surface area contributed by atoms with E-state index in [1.165, 1.54) is 6.42 Å². The SMILES string of the molecule is Cl.O=C(CCCOc1ccccc1Cl)NCCC1CCNC1. The number of carbonyl (C=O) groups excluding carboxylic acids is 1. The normalized spacial score (nSPS) is 16.9. The predicted octanol–water partition coefficient (Wildman–Crippen LogP) is 3.04. The molecular formula is C16H24Cl2N2O2. The van der Waals surface area contributed by atoms with Crippen LogP contribution in [0.2, 0.25) is 5.02 Å².